The molecule has 2 aromatic heterocycles. The molecule has 0 spiro atoms. The van der Waals surface area contributed by atoms with Crippen LogP contribution in [0.2, 0.25) is 0 Å². The van der Waals surface area contributed by atoms with Gasteiger partial charge < -0.3 is 9.52 Å². The second-order valence-corrected chi connectivity index (χ2v) is 4.25. The average Bonchev–Trinajstić information content (AvgIpc) is 2.76. The Hall–Kier alpha value is -1.06. The molecule has 0 amide bonds. The van der Waals surface area contributed by atoms with Crippen molar-refractivity contribution >= 4 is 11.3 Å². The van der Waals surface area contributed by atoms with Crippen molar-refractivity contribution in [2.24, 2.45) is 0 Å². The molecule has 74 valence electrons. The van der Waals surface area contributed by atoms with E-state index in [4.69, 9.17) is 4.42 Å². The van der Waals surface area contributed by atoms with E-state index in [2.05, 4.69) is 0 Å². The van der Waals surface area contributed by atoms with Crippen LogP contribution in [0.5, 0.6) is 0 Å². The number of furan rings is 1. The standard InChI is InChI=1S/C11H12O2S/c12-9(7-10-3-1-5-13-10)8-11-4-2-6-14-11/h1-6,9,12H,7-8H2. The minimum Gasteiger partial charge on any atom is -0.469 e. The minimum atomic E-state index is -0.347. The van der Waals surface area contributed by atoms with Gasteiger partial charge in [0.2, 0.25) is 0 Å². The fourth-order valence-corrected chi connectivity index (χ4v) is 2.17. The molecule has 1 unspecified atom stereocenters. The largest absolute Gasteiger partial charge is 0.469 e. The van der Waals surface area contributed by atoms with Crippen molar-refractivity contribution < 1.29 is 9.52 Å². The van der Waals surface area contributed by atoms with Crippen LogP contribution in [0.3, 0.4) is 0 Å². The Morgan fingerprint density at radius 3 is 2.86 bits per heavy atom. The summed E-state index contributed by atoms with van der Waals surface area (Å²) >= 11 is 1.67. The molecule has 0 aliphatic carbocycles. The first kappa shape index (κ1) is 9.49. The zero-order valence-electron chi connectivity index (χ0n) is 7.72. The smallest absolute Gasteiger partial charge is 0.106 e. The SMILES string of the molecule is OC(Cc1ccco1)Cc1cccs1. The van der Waals surface area contributed by atoms with E-state index < -0.39 is 0 Å². The summed E-state index contributed by atoms with van der Waals surface area (Å²) in [6, 6.07) is 7.76. The van der Waals surface area contributed by atoms with Crippen molar-refractivity contribution in [3.05, 3.63) is 46.5 Å². The third-order valence-corrected chi connectivity index (χ3v) is 2.93. The van der Waals surface area contributed by atoms with Crippen molar-refractivity contribution in [1.82, 2.24) is 0 Å². The van der Waals surface area contributed by atoms with E-state index in [0.29, 0.717) is 12.8 Å². The lowest BCUT2D eigenvalue weighted by Crippen LogP contribution is -2.12. The lowest BCUT2D eigenvalue weighted by Gasteiger charge is -2.06. The van der Waals surface area contributed by atoms with E-state index in [0.717, 1.165) is 5.76 Å². The summed E-state index contributed by atoms with van der Waals surface area (Å²) in [5.41, 5.74) is 0. The highest BCUT2D eigenvalue weighted by atomic mass is 32.1. The maximum atomic E-state index is 9.74. The number of aliphatic hydroxyl groups is 1. The van der Waals surface area contributed by atoms with Gasteiger partial charge in [0.25, 0.3) is 0 Å². The second kappa shape index (κ2) is 4.44. The Labute approximate surface area is 86.8 Å². The fraction of sp³-hybridized carbons (Fsp3) is 0.273. The van der Waals surface area contributed by atoms with Gasteiger partial charge in [-0.15, -0.1) is 11.3 Å². The molecule has 0 aliphatic heterocycles. The van der Waals surface area contributed by atoms with Crippen molar-refractivity contribution in [2.75, 3.05) is 0 Å². The molecule has 3 heteroatoms. The average molecular weight is 208 g/mol. The molecule has 0 aliphatic rings. The van der Waals surface area contributed by atoms with Gasteiger partial charge in [-0.1, -0.05) is 6.07 Å². The van der Waals surface area contributed by atoms with Gasteiger partial charge in [-0.25, -0.2) is 0 Å². The predicted molar refractivity (Wildman–Crippen MR) is 56.4 cm³/mol. The van der Waals surface area contributed by atoms with Gasteiger partial charge in [0.15, 0.2) is 0 Å². The highest BCUT2D eigenvalue weighted by Crippen LogP contribution is 2.13. The molecule has 0 aromatic carbocycles. The minimum absolute atomic E-state index is 0.347. The molecule has 2 heterocycles. The van der Waals surface area contributed by atoms with Gasteiger partial charge >= 0.3 is 0 Å². The molecule has 0 radical (unpaired) electrons. The number of hydrogen-bond acceptors (Lipinski definition) is 3. The monoisotopic (exact) mass is 208 g/mol. The number of aliphatic hydroxyl groups excluding tert-OH is 1. The normalized spacial score (nSPS) is 12.9. The van der Waals surface area contributed by atoms with Gasteiger partial charge in [-0.2, -0.15) is 0 Å². The predicted octanol–water partition coefficient (Wildman–Crippen LogP) is 2.49. The Kier molecular flexibility index (Phi) is 3.01. The molecule has 0 saturated heterocycles. The number of thiophene rings is 1. The first-order chi connectivity index (χ1) is 6.84. The van der Waals surface area contributed by atoms with Crippen molar-refractivity contribution in [3.8, 4) is 0 Å². The van der Waals surface area contributed by atoms with E-state index in [1.807, 2.05) is 29.6 Å². The van der Waals surface area contributed by atoms with Crippen LogP contribution in [0, 0.1) is 0 Å². The Bertz CT molecular complexity index is 314. The third-order valence-electron chi connectivity index (χ3n) is 2.03. The lowest BCUT2D eigenvalue weighted by molar-refractivity contribution is 0.168. The zero-order chi connectivity index (χ0) is 9.80. The van der Waals surface area contributed by atoms with Gasteiger partial charge in [-0.3, -0.25) is 0 Å². The molecule has 14 heavy (non-hydrogen) atoms. The molecule has 1 atom stereocenters. The summed E-state index contributed by atoms with van der Waals surface area (Å²) in [6.45, 7) is 0. The summed E-state index contributed by atoms with van der Waals surface area (Å²) in [4.78, 5) is 1.21. The number of hydrogen-bond donors (Lipinski definition) is 1. The van der Waals surface area contributed by atoms with Gasteiger partial charge in [-0.05, 0) is 23.6 Å². The second-order valence-electron chi connectivity index (χ2n) is 3.22. The Morgan fingerprint density at radius 1 is 1.29 bits per heavy atom. The molecular weight excluding hydrogens is 196 g/mol. The van der Waals surface area contributed by atoms with Crippen LogP contribution in [0.1, 0.15) is 10.6 Å². The summed E-state index contributed by atoms with van der Waals surface area (Å²) < 4.78 is 5.17. The Balaban J connectivity index is 1.88. The Morgan fingerprint density at radius 2 is 2.21 bits per heavy atom. The van der Waals surface area contributed by atoms with E-state index >= 15 is 0 Å². The van der Waals surface area contributed by atoms with Crippen molar-refractivity contribution in [1.29, 1.82) is 0 Å². The van der Waals surface area contributed by atoms with E-state index in [-0.39, 0.29) is 6.10 Å². The summed E-state index contributed by atoms with van der Waals surface area (Å²) in [5, 5.41) is 11.8. The molecule has 2 rings (SSSR count). The third kappa shape index (κ3) is 2.47. The van der Waals surface area contributed by atoms with E-state index in [1.54, 1.807) is 17.6 Å². The quantitative estimate of drug-likeness (QED) is 0.837. The van der Waals surface area contributed by atoms with Crippen molar-refractivity contribution in [3.63, 3.8) is 0 Å². The van der Waals surface area contributed by atoms with Crippen LogP contribution in [0.4, 0.5) is 0 Å². The van der Waals surface area contributed by atoms with E-state index in [9.17, 15) is 5.11 Å². The maximum absolute atomic E-state index is 9.74. The van der Waals surface area contributed by atoms with Crippen LogP contribution in [0.25, 0.3) is 0 Å². The molecular formula is C11H12O2S. The van der Waals surface area contributed by atoms with E-state index in [1.165, 1.54) is 4.88 Å². The maximum Gasteiger partial charge on any atom is 0.106 e. The van der Waals surface area contributed by atoms with Gasteiger partial charge in [0, 0.05) is 17.7 Å². The van der Waals surface area contributed by atoms with Crippen LogP contribution >= 0.6 is 11.3 Å². The molecule has 2 nitrogen and oxygen atoms in total. The number of rotatable bonds is 4. The summed E-state index contributed by atoms with van der Waals surface area (Å²) in [7, 11) is 0. The topological polar surface area (TPSA) is 33.4 Å². The van der Waals surface area contributed by atoms with Crippen LogP contribution in [-0.4, -0.2) is 11.2 Å². The first-order valence-corrected chi connectivity index (χ1v) is 5.45. The summed E-state index contributed by atoms with van der Waals surface area (Å²) in [5.74, 6) is 0.842. The van der Waals surface area contributed by atoms with Crippen LogP contribution in [-0.2, 0) is 12.8 Å². The van der Waals surface area contributed by atoms with Gasteiger partial charge in [0.1, 0.15) is 5.76 Å². The molecule has 0 saturated carbocycles. The molecule has 0 fully saturated rings. The van der Waals surface area contributed by atoms with Crippen molar-refractivity contribution in [2.45, 2.75) is 18.9 Å². The zero-order valence-corrected chi connectivity index (χ0v) is 8.54. The highest BCUT2D eigenvalue weighted by Gasteiger charge is 2.08. The van der Waals surface area contributed by atoms with Crippen LogP contribution in [0.15, 0.2) is 40.3 Å². The van der Waals surface area contributed by atoms with Gasteiger partial charge in [0.05, 0.1) is 12.4 Å². The lowest BCUT2D eigenvalue weighted by atomic mass is 10.1. The molecule has 0 bridgehead atoms. The molecule has 1 N–H and O–H groups in total. The summed E-state index contributed by atoms with van der Waals surface area (Å²) in [6.07, 6.45) is 2.58. The molecule has 2 aromatic rings. The van der Waals surface area contributed by atoms with Crippen LogP contribution < -0.4 is 0 Å². The fourth-order valence-electron chi connectivity index (χ4n) is 1.39. The first-order valence-electron chi connectivity index (χ1n) is 4.57. The highest BCUT2D eigenvalue weighted by molar-refractivity contribution is 7.09.